The summed E-state index contributed by atoms with van der Waals surface area (Å²) < 4.78 is 6.45. The van der Waals surface area contributed by atoms with Crippen molar-refractivity contribution in [3.05, 3.63) is 22.8 Å². The van der Waals surface area contributed by atoms with E-state index in [1.165, 1.54) is 49.7 Å². The van der Waals surface area contributed by atoms with Gasteiger partial charge in [-0.3, -0.25) is 4.79 Å². The van der Waals surface area contributed by atoms with Gasteiger partial charge >= 0.3 is 0 Å². The van der Waals surface area contributed by atoms with E-state index in [9.17, 15) is 4.79 Å². The maximum absolute atomic E-state index is 12.7. The highest BCUT2D eigenvalue weighted by Gasteiger charge is 2.49. The van der Waals surface area contributed by atoms with Gasteiger partial charge in [0.05, 0.1) is 0 Å². The van der Waals surface area contributed by atoms with Crippen LogP contribution in [0.2, 0.25) is 19.1 Å². The minimum atomic E-state index is -1.79. The summed E-state index contributed by atoms with van der Waals surface area (Å²) >= 11 is 3.55. The molecule has 0 heterocycles. The molecule has 4 rings (SSSR count). The van der Waals surface area contributed by atoms with E-state index in [4.69, 9.17) is 4.43 Å². The summed E-state index contributed by atoms with van der Waals surface area (Å²) in [6, 6.07) is 1.06. The maximum Gasteiger partial charge on any atom is 0.188 e. The summed E-state index contributed by atoms with van der Waals surface area (Å²) in [7, 11) is -1.79. The second kappa shape index (κ2) is 7.00. The standard InChI is InChI=1S/C22H33BrO2Si/c1-22-9-4-5-19(22)17-7-6-15-13-20(24)21(25-26(2,3)12-11-23)14-18(15)16(17)8-10-22/h13,17,19,21H,4-12,14H2,1-3H3/t17-,19+,21?,22+/m1/s1. The maximum atomic E-state index is 12.7. The van der Waals surface area contributed by atoms with Crippen molar-refractivity contribution >= 4 is 30.0 Å². The average Bonchev–Trinajstić information content (AvgIpc) is 2.97. The van der Waals surface area contributed by atoms with Gasteiger partial charge in [-0.1, -0.05) is 34.8 Å². The van der Waals surface area contributed by atoms with Crippen molar-refractivity contribution in [2.24, 2.45) is 17.3 Å². The molecule has 2 nitrogen and oxygen atoms in total. The molecule has 0 amide bonds. The molecule has 4 aliphatic carbocycles. The number of allylic oxidation sites excluding steroid dienone is 2. The largest absolute Gasteiger partial charge is 0.407 e. The van der Waals surface area contributed by atoms with E-state index < -0.39 is 8.32 Å². The molecule has 4 atom stereocenters. The third-order valence-electron chi connectivity index (χ3n) is 7.74. The Kier molecular flexibility index (Phi) is 5.15. The third kappa shape index (κ3) is 3.35. The number of alkyl halides is 1. The lowest BCUT2D eigenvalue weighted by Crippen LogP contribution is -2.42. The van der Waals surface area contributed by atoms with Crippen LogP contribution in [0.5, 0.6) is 0 Å². The van der Waals surface area contributed by atoms with Gasteiger partial charge < -0.3 is 4.43 Å². The molecule has 4 heteroatoms. The highest BCUT2D eigenvalue weighted by molar-refractivity contribution is 9.09. The van der Waals surface area contributed by atoms with Crippen molar-refractivity contribution in [1.82, 2.24) is 0 Å². The smallest absolute Gasteiger partial charge is 0.188 e. The zero-order chi connectivity index (χ0) is 18.5. The van der Waals surface area contributed by atoms with Crippen molar-refractivity contribution in [3.63, 3.8) is 0 Å². The van der Waals surface area contributed by atoms with E-state index in [0.29, 0.717) is 5.41 Å². The van der Waals surface area contributed by atoms with Crippen LogP contribution < -0.4 is 0 Å². The Morgan fingerprint density at radius 1 is 1.27 bits per heavy atom. The summed E-state index contributed by atoms with van der Waals surface area (Å²) in [5.74, 6) is 1.89. The van der Waals surface area contributed by atoms with Gasteiger partial charge in [-0.05, 0) is 92.1 Å². The van der Waals surface area contributed by atoms with Gasteiger partial charge in [-0.25, -0.2) is 0 Å². The second-order valence-electron chi connectivity index (χ2n) is 9.88. The normalized spacial score (nSPS) is 37.2. The molecule has 4 aliphatic rings. The van der Waals surface area contributed by atoms with Crippen molar-refractivity contribution in [1.29, 1.82) is 0 Å². The molecule has 0 spiro atoms. The minimum absolute atomic E-state index is 0.222. The van der Waals surface area contributed by atoms with E-state index in [1.54, 1.807) is 5.57 Å². The van der Waals surface area contributed by atoms with Crippen molar-refractivity contribution in [3.8, 4) is 0 Å². The average molecular weight is 437 g/mol. The summed E-state index contributed by atoms with van der Waals surface area (Å²) in [5, 5.41) is 0.963. The van der Waals surface area contributed by atoms with E-state index >= 15 is 0 Å². The van der Waals surface area contributed by atoms with Crippen LogP contribution in [0.15, 0.2) is 22.8 Å². The van der Waals surface area contributed by atoms with Crippen LogP contribution in [-0.2, 0) is 9.22 Å². The molecule has 0 bridgehead atoms. The first kappa shape index (κ1) is 19.1. The van der Waals surface area contributed by atoms with Crippen molar-refractivity contribution < 1.29 is 9.22 Å². The quantitative estimate of drug-likeness (QED) is 0.388. The summed E-state index contributed by atoms with van der Waals surface area (Å²) in [6.07, 6.45) is 11.8. The predicted molar refractivity (Wildman–Crippen MR) is 113 cm³/mol. The molecule has 144 valence electrons. The van der Waals surface area contributed by atoms with Crippen molar-refractivity contribution in [2.45, 2.75) is 83.5 Å². The fourth-order valence-corrected chi connectivity index (χ4v) is 10.7. The highest BCUT2D eigenvalue weighted by Crippen LogP contribution is 2.60. The number of carbonyl (C=O) groups excluding carboxylic acids is 1. The molecule has 0 aliphatic heterocycles. The van der Waals surface area contributed by atoms with Crippen LogP contribution in [0.1, 0.15) is 58.3 Å². The van der Waals surface area contributed by atoms with Crippen LogP contribution >= 0.6 is 15.9 Å². The van der Waals surface area contributed by atoms with Crippen LogP contribution in [0, 0.1) is 17.3 Å². The lowest BCUT2D eigenvalue weighted by atomic mass is 9.58. The van der Waals surface area contributed by atoms with Gasteiger partial charge in [-0.2, -0.15) is 0 Å². The van der Waals surface area contributed by atoms with Gasteiger partial charge in [0.1, 0.15) is 6.10 Å². The number of hydrogen-bond acceptors (Lipinski definition) is 2. The minimum Gasteiger partial charge on any atom is -0.407 e. The first-order valence-electron chi connectivity index (χ1n) is 10.5. The summed E-state index contributed by atoms with van der Waals surface area (Å²) in [5.41, 5.74) is 5.18. The van der Waals surface area contributed by atoms with E-state index in [0.717, 1.165) is 36.1 Å². The first-order valence-corrected chi connectivity index (χ1v) is 14.8. The predicted octanol–water partition coefficient (Wildman–Crippen LogP) is 6.18. The highest BCUT2D eigenvalue weighted by atomic mass is 79.9. The second-order valence-corrected chi connectivity index (χ2v) is 14.9. The zero-order valence-electron chi connectivity index (χ0n) is 16.6. The first-order chi connectivity index (χ1) is 12.3. The zero-order valence-corrected chi connectivity index (χ0v) is 19.2. The lowest BCUT2D eigenvalue weighted by Gasteiger charge is -2.47. The van der Waals surface area contributed by atoms with E-state index in [2.05, 4.69) is 35.9 Å². The van der Waals surface area contributed by atoms with Gasteiger partial charge in [0.15, 0.2) is 14.1 Å². The molecular weight excluding hydrogens is 404 g/mol. The molecule has 0 radical (unpaired) electrons. The number of carbonyl (C=O) groups is 1. The fraction of sp³-hybridized carbons (Fsp3) is 0.773. The molecule has 0 aromatic heterocycles. The van der Waals surface area contributed by atoms with Gasteiger partial charge in [0.25, 0.3) is 0 Å². The Labute approximate surface area is 168 Å². The molecule has 0 N–H and O–H groups in total. The number of rotatable bonds is 4. The van der Waals surface area contributed by atoms with E-state index in [-0.39, 0.29) is 11.9 Å². The number of fused-ring (bicyclic) bond motifs is 4. The molecule has 0 aromatic carbocycles. The van der Waals surface area contributed by atoms with Crippen LogP contribution in [0.3, 0.4) is 0 Å². The Bertz CT molecular complexity index is 665. The molecule has 0 aromatic rings. The molecule has 26 heavy (non-hydrogen) atoms. The summed E-state index contributed by atoms with van der Waals surface area (Å²) in [4.78, 5) is 12.7. The van der Waals surface area contributed by atoms with Gasteiger partial charge in [-0.15, -0.1) is 0 Å². The molecule has 2 saturated carbocycles. The lowest BCUT2D eigenvalue weighted by molar-refractivity contribution is -0.121. The van der Waals surface area contributed by atoms with Gasteiger partial charge in [0, 0.05) is 11.8 Å². The topological polar surface area (TPSA) is 26.3 Å². The van der Waals surface area contributed by atoms with Crippen molar-refractivity contribution in [2.75, 3.05) is 5.33 Å². The number of hydrogen-bond donors (Lipinski definition) is 0. The monoisotopic (exact) mass is 436 g/mol. The molecular formula is C22H33BrO2Si. The Balaban J connectivity index is 1.61. The van der Waals surface area contributed by atoms with Crippen LogP contribution in [-0.4, -0.2) is 25.5 Å². The number of halogens is 1. The third-order valence-corrected chi connectivity index (χ3v) is 11.2. The molecule has 0 saturated heterocycles. The van der Waals surface area contributed by atoms with Gasteiger partial charge in [0.2, 0.25) is 0 Å². The molecule has 1 unspecified atom stereocenters. The SMILES string of the molecule is C[C@@]12CCC[C@H]1[C@@H]1CCC3=CC(=O)C(O[Si](C)(C)CCBr)CC3=C1CC2. The van der Waals surface area contributed by atoms with Crippen LogP contribution in [0.25, 0.3) is 0 Å². The Morgan fingerprint density at radius 2 is 2.08 bits per heavy atom. The molecule has 2 fully saturated rings. The van der Waals surface area contributed by atoms with Crippen LogP contribution in [0.4, 0.5) is 0 Å². The Morgan fingerprint density at radius 3 is 2.85 bits per heavy atom. The summed E-state index contributed by atoms with van der Waals surface area (Å²) in [6.45, 7) is 7.03. The fourth-order valence-electron chi connectivity index (χ4n) is 6.27. The Hall–Kier alpha value is -0.193. The van der Waals surface area contributed by atoms with E-state index in [1.807, 2.05) is 6.08 Å². The number of ketones is 1.